The third-order valence-electron chi connectivity index (χ3n) is 6.26. The summed E-state index contributed by atoms with van der Waals surface area (Å²) in [5.74, 6) is 1.36. The van der Waals surface area contributed by atoms with Crippen molar-refractivity contribution in [3.05, 3.63) is 52.4 Å². The monoisotopic (exact) mass is 424 g/mol. The molecule has 2 aromatic carbocycles. The van der Waals surface area contributed by atoms with Gasteiger partial charge in [-0.05, 0) is 79.3 Å². The Labute approximate surface area is 181 Å². The number of ether oxygens (including phenoxy) is 2. The molecular weight excluding hydrogens is 396 g/mol. The first kappa shape index (κ1) is 20.7. The molecule has 0 bridgehead atoms. The van der Waals surface area contributed by atoms with Gasteiger partial charge in [-0.2, -0.15) is 0 Å². The van der Waals surface area contributed by atoms with Gasteiger partial charge in [-0.3, -0.25) is 0 Å². The maximum Gasteiger partial charge on any atom is 0.349 e. The first-order valence-corrected chi connectivity index (χ1v) is 11.2. The van der Waals surface area contributed by atoms with Gasteiger partial charge in [0.2, 0.25) is 0 Å². The Kier molecular flexibility index (Phi) is 5.49. The summed E-state index contributed by atoms with van der Waals surface area (Å²) in [6.07, 6.45) is 4.93. The van der Waals surface area contributed by atoms with Gasteiger partial charge < -0.3 is 14.6 Å². The molecule has 1 heterocycles. The van der Waals surface area contributed by atoms with Crippen LogP contribution in [-0.2, 0) is 0 Å². The Morgan fingerprint density at radius 1 is 1.13 bits per heavy atom. The third-order valence-corrected chi connectivity index (χ3v) is 7.39. The van der Waals surface area contributed by atoms with Crippen molar-refractivity contribution < 1.29 is 19.4 Å². The van der Waals surface area contributed by atoms with Crippen LogP contribution >= 0.6 is 11.3 Å². The van der Waals surface area contributed by atoms with Gasteiger partial charge in [-0.15, -0.1) is 11.3 Å². The lowest BCUT2D eigenvalue weighted by molar-refractivity contribution is 0.0700. The van der Waals surface area contributed by atoms with E-state index in [2.05, 4.69) is 26.0 Å². The molecule has 1 saturated carbocycles. The van der Waals surface area contributed by atoms with Gasteiger partial charge in [-0.1, -0.05) is 26.0 Å². The fourth-order valence-corrected chi connectivity index (χ4v) is 5.37. The van der Waals surface area contributed by atoms with E-state index in [1.165, 1.54) is 42.6 Å². The lowest BCUT2D eigenvalue weighted by Gasteiger charge is -2.34. The van der Waals surface area contributed by atoms with Crippen LogP contribution in [0.15, 0.2) is 36.4 Å². The molecule has 0 saturated heterocycles. The summed E-state index contributed by atoms with van der Waals surface area (Å²) in [6, 6.07) is 12.0. The topological polar surface area (TPSA) is 55.8 Å². The lowest BCUT2D eigenvalue weighted by Crippen LogP contribution is -2.20. The Morgan fingerprint density at radius 2 is 1.80 bits per heavy atom. The van der Waals surface area contributed by atoms with Crippen LogP contribution in [0, 0.1) is 12.3 Å². The average molecular weight is 425 g/mol. The summed E-state index contributed by atoms with van der Waals surface area (Å²) in [6.45, 7) is 6.65. The highest BCUT2D eigenvalue weighted by atomic mass is 32.1. The molecule has 1 aliphatic rings. The number of carboxylic acids is 1. The molecule has 158 valence electrons. The highest BCUT2D eigenvalue weighted by Crippen LogP contribution is 2.44. The molecule has 0 aliphatic heterocycles. The number of fused-ring (bicyclic) bond motifs is 1. The molecule has 5 heteroatoms. The van der Waals surface area contributed by atoms with Crippen LogP contribution in [-0.4, -0.2) is 18.2 Å². The molecule has 1 aliphatic carbocycles. The van der Waals surface area contributed by atoms with Crippen LogP contribution in [0.5, 0.6) is 17.2 Å². The zero-order chi connectivity index (χ0) is 21.5. The fraction of sp³-hybridized carbons (Fsp3) is 0.400. The number of carbonyl (C=O) groups is 1. The Hall–Kier alpha value is -2.53. The number of thiophene rings is 1. The van der Waals surface area contributed by atoms with Crippen molar-refractivity contribution in [2.45, 2.75) is 52.4 Å². The van der Waals surface area contributed by atoms with Crippen molar-refractivity contribution >= 4 is 27.4 Å². The van der Waals surface area contributed by atoms with E-state index in [-0.39, 0.29) is 4.88 Å². The van der Waals surface area contributed by atoms with Crippen molar-refractivity contribution in [3.63, 3.8) is 0 Å². The molecule has 1 fully saturated rings. The average Bonchev–Trinajstić information content (AvgIpc) is 3.05. The first-order valence-electron chi connectivity index (χ1n) is 10.4. The molecule has 1 aromatic heterocycles. The normalized spacial score (nSPS) is 16.5. The summed E-state index contributed by atoms with van der Waals surface area (Å²) in [5, 5.41) is 10.5. The minimum Gasteiger partial charge on any atom is -0.496 e. The minimum atomic E-state index is -0.982. The SMILES string of the molecule is COc1cc2c(Oc3ccc(C4CCC(C)(C)CC4)cc3)c(C(=O)O)sc2cc1C. The van der Waals surface area contributed by atoms with E-state index in [0.717, 1.165) is 21.4 Å². The molecule has 0 unspecified atom stereocenters. The Morgan fingerprint density at radius 3 is 2.40 bits per heavy atom. The summed E-state index contributed by atoms with van der Waals surface area (Å²) >= 11 is 1.23. The maximum absolute atomic E-state index is 11.8. The lowest BCUT2D eigenvalue weighted by atomic mass is 9.71. The number of aryl methyl sites for hydroxylation is 1. The van der Waals surface area contributed by atoms with Gasteiger partial charge in [0.15, 0.2) is 10.6 Å². The highest BCUT2D eigenvalue weighted by Gasteiger charge is 2.27. The number of hydrogen-bond acceptors (Lipinski definition) is 4. The summed E-state index contributed by atoms with van der Waals surface area (Å²) in [4.78, 5) is 12.0. The van der Waals surface area contributed by atoms with Gasteiger partial charge >= 0.3 is 5.97 Å². The van der Waals surface area contributed by atoms with Crippen LogP contribution in [0.25, 0.3) is 10.1 Å². The zero-order valence-corrected chi connectivity index (χ0v) is 18.8. The van der Waals surface area contributed by atoms with E-state index in [4.69, 9.17) is 9.47 Å². The van der Waals surface area contributed by atoms with E-state index < -0.39 is 5.97 Å². The number of hydrogen-bond donors (Lipinski definition) is 1. The maximum atomic E-state index is 11.8. The summed E-state index contributed by atoms with van der Waals surface area (Å²) in [7, 11) is 1.62. The molecule has 4 rings (SSSR count). The molecule has 0 spiro atoms. The molecule has 4 nitrogen and oxygen atoms in total. The van der Waals surface area contributed by atoms with E-state index >= 15 is 0 Å². The molecule has 0 radical (unpaired) electrons. The highest BCUT2D eigenvalue weighted by molar-refractivity contribution is 7.21. The standard InChI is InChI=1S/C25H28O4S/c1-15-13-21-19(14-20(15)28-4)22(23(30-21)24(26)27)29-18-7-5-16(6-8-18)17-9-11-25(2,3)12-10-17/h5-8,13-14,17H,9-12H2,1-4H3,(H,26,27). The van der Waals surface area contributed by atoms with Gasteiger partial charge in [-0.25, -0.2) is 4.79 Å². The quantitative estimate of drug-likeness (QED) is 0.464. The Balaban J connectivity index is 1.62. The van der Waals surface area contributed by atoms with Crippen molar-refractivity contribution in [2.75, 3.05) is 7.11 Å². The molecule has 3 aromatic rings. The van der Waals surface area contributed by atoms with Crippen molar-refractivity contribution in [3.8, 4) is 17.2 Å². The van der Waals surface area contributed by atoms with Crippen LogP contribution in [0.2, 0.25) is 0 Å². The van der Waals surface area contributed by atoms with Crippen molar-refractivity contribution in [1.82, 2.24) is 0 Å². The second-order valence-electron chi connectivity index (χ2n) is 8.99. The molecular formula is C25H28O4S. The number of benzene rings is 2. The second-order valence-corrected chi connectivity index (χ2v) is 10.0. The zero-order valence-electron chi connectivity index (χ0n) is 18.0. The second kappa shape index (κ2) is 7.95. The van der Waals surface area contributed by atoms with Crippen LogP contribution in [0.1, 0.15) is 66.2 Å². The van der Waals surface area contributed by atoms with E-state index in [0.29, 0.717) is 22.8 Å². The van der Waals surface area contributed by atoms with Gasteiger partial charge in [0.1, 0.15) is 11.5 Å². The van der Waals surface area contributed by atoms with Crippen LogP contribution in [0.4, 0.5) is 0 Å². The molecule has 1 N–H and O–H groups in total. The number of rotatable bonds is 5. The summed E-state index contributed by atoms with van der Waals surface area (Å²) in [5.41, 5.74) is 2.75. The fourth-order valence-electron chi connectivity index (χ4n) is 4.32. The first-order chi connectivity index (χ1) is 14.3. The van der Waals surface area contributed by atoms with Gasteiger partial charge in [0, 0.05) is 10.1 Å². The van der Waals surface area contributed by atoms with E-state index in [9.17, 15) is 9.90 Å². The molecule has 30 heavy (non-hydrogen) atoms. The van der Waals surface area contributed by atoms with E-state index in [1.807, 2.05) is 31.2 Å². The van der Waals surface area contributed by atoms with Crippen molar-refractivity contribution in [2.24, 2.45) is 5.41 Å². The van der Waals surface area contributed by atoms with Crippen LogP contribution < -0.4 is 9.47 Å². The third kappa shape index (κ3) is 4.04. The molecule has 0 atom stereocenters. The minimum absolute atomic E-state index is 0.205. The largest absolute Gasteiger partial charge is 0.496 e. The number of aromatic carboxylic acids is 1. The predicted molar refractivity (Wildman–Crippen MR) is 122 cm³/mol. The van der Waals surface area contributed by atoms with Crippen molar-refractivity contribution in [1.29, 1.82) is 0 Å². The smallest absolute Gasteiger partial charge is 0.349 e. The Bertz CT molecular complexity index is 1070. The number of carboxylic acid groups (broad SMARTS) is 1. The van der Waals surface area contributed by atoms with Gasteiger partial charge in [0.05, 0.1) is 7.11 Å². The number of methoxy groups -OCH3 is 1. The van der Waals surface area contributed by atoms with Crippen LogP contribution in [0.3, 0.4) is 0 Å². The molecule has 0 amide bonds. The summed E-state index contributed by atoms with van der Waals surface area (Å²) < 4.78 is 12.4. The van der Waals surface area contributed by atoms with Gasteiger partial charge in [0.25, 0.3) is 0 Å². The predicted octanol–water partition coefficient (Wildman–Crippen LogP) is 7.39. The van der Waals surface area contributed by atoms with E-state index in [1.54, 1.807) is 7.11 Å².